The summed E-state index contributed by atoms with van der Waals surface area (Å²) in [6.45, 7) is 11.3. The Morgan fingerprint density at radius 3 is 2.34 bits per heavy atom. The first-order chi connectivity index (χ1) is 23.6. The Morgan fingerprint density at radius 1 is 1.06 bits per heavy atom. The summed E-state index contributed by atoms with van der Waals surface area (Å²) in [6, 6.07) is 7.09. The van der Waals surface area contributed by atoms with Crippen molar-refractivity contribution in [2.45, 2.75) is 65.3 Å². The third kappa shape index (κ3) is 8.37. The number of aliphatic hydroxyl groups excluding tert-OH is 1. The molecule has 2 aromatic heterocycles. The number of nitrogens with zero attached hydrogens (tertiary/aromatic N) is 6. The molecule has 0 radical (unpaired) electrons. The average molecular weight is 708 g/mol. The van der Waals surface area contributed by atoms with Gasteiger partial charge in [0.1, 0.15) is 12.1 Å². The second-order valence-corrected chi connectivity index (χ2v) is 14.8. The first kappa shape index (κ1) is 36.6. The van der Waals surface area contributed by atoms with Crippen LogP contribution >= 0.6 is 11.3 Å². The molecule has 15 nitrogen and oxygen atoms in total. The number of carboxylic acids is 1. The molecule has 2 unspecified atom stereocenters. The third-order valence-corrected chi connectivity index (χ3v) is 10.1. The summed E-state index contributed by atoms with van der Waals surface area (Å²) in [7, 11) is 0. The van der Waals surface area contributed by atoms with Crippen molar-refractivity contribution in [1.29, 1.82) is 0 Å². The van der Waals surface area contributed by atoms with Crippen molar-refractivity contribution in [2.24, 2.45) is 5.41 Å². The monoisotopic (exact) mass is 707 g/mol. The fourth-order valence-corrected chi connectivity index (χ4v) is 7.13. The first-order valence-corrected chi connectivity index (χ1v) is 17.4. The second kappa shape index (κ2) is 15.1. The number of hydrogen-bond donors (Lipinski definition) is 5. The number of aryl methyl sites for hydroxylation is 1. The number of aromatic carboxylic acids is 1. The molecule has 0 saturated carbocycles. The van der Waals surface area contributed by atoms with Crippen LogP contribution in [0.5, 0.6) is 0 Å². The zero-order chi connectivity index (χ0) is 36.3. The van der Waals surface area contributed by atoms with Gasteiger partial charge in [0.2, 0.25) is 17.7 Å². The van der Waals surface area contributed by atoms with Crippen molar-refractivity contribution < 1.29 is 29.4 Å². The summed E-state index contributed by atoms with van der Waals surface area (Å²) in [5, 5.41) is 33.1. The minimum absolute atomic E-state index is 0.0187. The summed E-state index contributed by atoms with van der Waals surface area (Å²) < 4.78 is 0. The molecule has 0 aliphatic carbocycles. The maximum Gasteiger partial charge on any atom is 0.356 e. The normalized spacial score (nSPS) is 19.6. The van der Waals surface area contributed by atoms with Gasteiger partial charge in [0.15, 0.2) is 11.5 Å². The Labute approximate surface area is 294 Å². The molecule has 0 bridgehead atoms. The van der Waals surface area contributed by atoms with Gasteiger partial charge in [-0.25, -0.2) is 9.78 Å². The fourth-order valence-electron chi connectivity index (χ4n) is 6.32. The molecule has 5 rings (SSSR count). The smallest absolute Gasteiger partial charge is 0.356 e. The van der Waals surface area contributed by atoms with Gasteiger partial charge in [0.25, 0.3) is 0 Å². The number of carboxylic acid groups (broad SMARTS) is 1. The predicted octanol–water partition coefficient (Wildman–Crippen LogP) is 1.68. The molecule has 50 heavy (non-hydrogen) atoms. The zero-order valence-electron chi connectivity index (χ0n) is 28.9. The molecule has 268 valence electrons. The van der Waals surface area contributed by atoms with Crippen molar-refractivity contribution in [3.63, 3.8) is 0 Å². The van der Waals surface area contributed by atoms with Gasteiger partial charge in [-0.05, 0) is 30.4 Å². The number of piperazine rings is 1. The summed E-state index contributed by atoms with van der Waals surface area (Å²) in [5.74, 6) is -2.23. The molecular formula is C34H45N9O6S. The number of rotatable bonds is 10. The van der Waals surface area contributed by atoms with E-state index in [-0.39, 0.29) is 48.9 Å². The van der Waals surface area contributed by atoms with Crippen LogP contribution < -0.4 is 21.3 Å². The van der Waals surface area contributed by atoms with Crippen LogP contribution in [0.1, 0.15) is 61.9 Å². The lowest BCUT2D eigenvalue weighted by Gasteiger charge is -2.37. The van der Waals surface area contributed by atoms with Gasteiger partial charge in [0.05, 0.1) is 40.5 Å². The molecule has 2 aliphatic heterocycles. The Morgan fingerprint density at radius 2 is 1.74 bits per heavy atom. The lowest BCUT2D eigenvalue weighted by atomic mass is 9.85. The number of benzene rings is 1. The summed E-state index contributed by atoms with van der Waals surface area (Å²) in [6.07, 6.45) is -0.787. The molecule has 6 N–H and O–H groups in total. The van der Waals surface area contributed by atoms with E-state index in [1.807, 2.05) is 74.2 Å². The van der Waals surface area contributed by atoms with Gasteiger partial charge in [-0.1, -0.05) is 45.0 Å². The molecule has 3 amide bonds. The topological polar surface area (TPSA) is 207 Å². The molecule has 3 aromatic rings. The van der Waals surface area contributed by atoms with E-state index in [1.54, 1.807) is 11.3 Å². The number of thiazole rings is 1. The number of nitrogens with one attached hydrogen (secondary N) is 2. The van der Waals surface area contributed by atoms with E-state index >= 15 is 0 Å². The Kier molecular flexibility index (Phi) is 11.0. The molecule has 4 heterocycles. The van der Waals surface area contributed by atoms with Crippen molar-refractivity contribution in [3.8, 4) is 10.4 Å². The molecule has 1 aromatic carbocycles. The largest absolute Gasteiger partial charge is 0.476 e. The van der Waals surface area contributed by atoms with Crippen LogP contribution in [0, 0.1) is 12.3 Å². The highest BCUT2D eigenvalue weighted by molar-refractivity contribution is 7.13. The van der Waals surface area contributed by atoms with Crippen LogP contribution in [-0.2, 0) is 14.4 Å². The van der Waals surface area contributed by atoms with Crippen LogP contribution in [0.15, 0.2) is 35.8 Å². The first-order valence-electron chi connectivity index (χ1n) is 16.5. The number of nitrogen functional groups attached to an aromatic ring is 1. The molecule has 0 spiro atoms. The van der Waals surface area contributed by atoms with Gasteiger partial charge in [-0.3, -0.25) is 19.3 Å². The highest BCUT2D eigenvalue weighted by Gasteiger charge is 2.44. The lowest BCUT2D eigenvalue weighted by Crippen LogP contribution is -2.59. The van der Waals surface area contributed by atoms with Crippen molar-refractivity contribution in [3.05, 3.63) is 52.8 Å². The Balaban J connectivity index is 1.19. The third-order valence-electron chi connectivity index (χ3n) is 9.16. The number of aromatic nitrogens is 3. The van der Waals surface area contributed by atoms with E-state index in [9.17, 15) is 29.4 Å². The minimum Gasteiger partial charge on any atom is -0.476 e. The Hall–Kier alpha value is -4.67. The van der Waals surface area contributed by atoms with E-state index in [4.69, 9.17) is 5.73 Å². The number of amides is 3. The van der Waals surface area contributed by atoms with Crippen LogP contribution in [0.4, 0.5) is 11.5 Å². The summed E-state index contributed by atoms with van der Waals surface area (Å²) in [5.41, 5.74) is 10.2. The zero-order valence-corrected chi connectivity index (χ0v) is 29.7. The van der Waals surface area contributed by atoms with Gasteiger partial charge in [-0.2, -0.15) is 0 Å². The van der Waals surface area contributed by atoms with Gasteiger partial charge >= 0.3 is 5.97 Å². The number of nitrogens with two attached hydrogens (primary N) is 1. The fraction of sp³-hybridized carbons (Fsp3) is 0.500. The van der Waals surface area contributed by atoms with Crippen molar-refractivity contribution in [1.82, 2.24) is 35.6 Å². The number of carbonyl (C=O) groups excluding carboxylic acids is 3. The number of anilines is 2. The van der Waals surface area contributed by atoms with E-state index in [0.717, 1.165) is 21.7 Å². The van der Waals surface area contributed by atoms with Gasteiger partial charge < -0.3 is 36.4 Å². The Bertz CT molecular complexity index is 1720. The molecular weight excluding hydrogens is 662 g/mol. The van der Waals surface area contributed by atoms with Crippen LogP contribution in [0.2, 0.25) is 0 Å². The van der Waals surface area contributed by atoms with Crippen LogP contribution in [-0.4, -0.2) is 116 Å². The van der Waals surface area contributed by atoms with E-state index < -0.39 is 35.5 Å². The summed E-state index contributed by atoms with van der Waals surface area (Å²) in [4.78, 5) is 62.9. The number of β-amino-alcohol motifs (C(OH)–C–C–N with tert-alkyl or cyclic N) is 1. The van der Waals surface area contributed by atoms with E-state index in [0.29, 0.717) is 31.9 Å². The summed E-state index contributed by atoms with van der Waals surface area (Å²) >= 11 is 1.57. The quantitative estimate of drug-likeness (QED) is 0.204. The van der Waals surface area contributed by atoms with Gasteiger partial charge in [-0.15, -0.1) is 21.5 Å². The molecule has 2 aliphatic rings. The molecule has 2 saturated heterocycles. The lowest BCUT2D eigenvalue weighted by molar-refractivity contribution is -0.144. The number of hydrogen-bond acceptors (Lipinski definition) is 12. The second-order valence-electron chi connectivity index (χ2n) is 14.0. The standard InChI is InChI=1S/C34H45N9O6S/c1-19(21-6-8-22(9-7-21)28-20(2)36-18-50-28)37-31(46)26-14-23(44)16-43(26)32(47)29(34(3,4)5)38-27(45)17-41-10-12-42(13-11-41)25-15-24(33(48)49)39-40-30(25)35/h6-9,15,18-19,23,26,29,44H,10-14,16-17H2,1-5H3,(H2,35,40)(H,37,46)(H,38,45)(H,48,49)/t19?,23-,26+,29?/m1/s1. The number of aliphatic hydroxyl groups is 1. The minimum atomic E-state index is -1.20. The van der Waals surface area contributed by atoms with Crippen LogP contribution in [0.25, 0.3) is 10.4 Å². The van der Waals surface area contributed by atoms with Crippen molar-refractivity contribution >= 4 is 46.5 Å². The van der Waals surface area contributed by atoms with E-state index in [1.165, 1.54) is 11.0 Å². The van der Waals surface area contributed by atoms with Crippen LogP contribution in [0.3, 0.4) is 0 Å². The maximum atomic E-state index is 14.1. The van der Waals surface area contributed by atoms with Gasteiger partial charge in [0, 0.05) is 45.2 Å². The highest BCUT2D eigenvalue weighted by Crippen LogP contribution is 2.30. The predicted molar refractivity (Wildman–Crippen MR) is 188 cm³/mol. The SMILES string of the molecule is Cc1ncsc1-c1ccc(C(C)NC(=O)[C@@H]2C[C@@H](O)CN2C(=O)C(NC(=O)CN2CCN(c3cc(C(=O)O)nnc3N)CC2)C(C)(C)C)cc1. The highest BCUT2D eigenvalue weighted by atomic mass is 32.1. The number of carbonyl (C=O) groups is 4. The van der Waals surface area contributed by atoms with E-state index in [2.05, 4.69) is 25.8 Å². The maximum absolute atomic E-state index is 14.1. The molecule has 2 fully saturated rings. The molecule has 16 heteroatoms. The number of likely N-dealkylation sites (tertiary alicyclic amines) is 1. The molecule has 4 atom stereocenters. The van der Waals surface area contributed by atoms with Crippen molar-refractivity contribution in [2.75, 3.05) is 49.9 Å². The average Bonchev–Trinajstić information content (AvgIpc) is 3.68.